The van der Waals surface area contributed by atoms with Crippen molar-refractivity contribution in [3.8, 4) is 23.0 Å². The smallest absolute Gasteiger partial charge is 0.131 e. The molecule has 0 aromatic heterocycles. The van der Waals surface area contributed by atoms with Gasteiger partial charge in [-0.3, -0.25) is 5.01 Å². The maximum Gasteiger partial charge on any atom is 0.131 e. The fraction of sp³-hybridized carbons (Fsp3) is 0.240. The Morgan fingerprint density at radius 1 is 0.742 bits per heavy atom. The van der Waals surface area contributed by atoms with Crippen LogP contribution in [0.15, 0.2) is 71.8 Å². The van der Waals surface area contributed by atoms with Crippen LogP contribution in [0.2, 0.25) is 0 Å². The Balaban J connectivity index is 1.79. The van der Waals surface area contributed by atoms with Gasteiger partial charge in [-0.05, 0) is 36.4 Å². The third-order valence-corrected chi connectivity index (χ3v) is 5.45. The molecule has 1 atom stereocenters. The number of hydrogen-bond donors (Lipinski definition) is 0. The molecule has 160 valence electrons. The van der Waals surface area contributed by atoms with Crippen molar-refractivity contribution in [3.63, 3.8) is 0 Å². The number of rotatable bonds is 7. The van der Waals surface area contributed by atoms with Gasteiger partial charge >= 0.3 is 0 Å². The molecule has 4 rings (SSSR count). The van der Waals surface area contributed by atoms with Crippen LogP contribution < -0.4 is 24.0 Å². The lowest BCUT2D eigenvalue weighted by Crippen LogP contribution is -2.19. The zero-order chi connectivity index (χ0) is 21.8. The summed E-state index contributed by atoms with van der Waals surface area (Å²) in [5.74, 6) is 2.99. The van der Waals surface area contributed by atoms with Crippen LogP contribution in [-0.2, 0) is 0 Å². The van der Waals surface area contributed by atoms with Crippen molar-refractivity contribution >= 4 is 11.4 Å². The number of nitrogens with zero attached hydrogens (tertiary/aromatic N) is 2. The average Bonchev–Trinajstić information content (AvgIpc) is 3.28. The molecule has 0 N–H and O–H groups in total. The molecule has 1 aliphatic rings. The van der Waals surface area contributed by atoms with Gasteiger partial charge in [-0.2, -0.15) is 5.10 Å². The Bertz CT molecular complexity index is 1080. The van der Waals surface area contributed by atoms with Crippen molar-refractivity contribution in [2.75, 3.05) is 33.4 Å². The molecule has 0 saturated heterocycles. The van der Waals surface area contributed by atoms with E-state index in [1.54, 1.807) is 28.4 Å². The van der Waals surface area contributed by atoms with Crippen molar-refractivity contribution in [1.29, 1.82) is 0 Å². The van der Waals surface area contributed by atoms with E-state index in [1.165, 1.54) is 0 Å². The maximum absolute atomic E-state index is 5.70. The number of anilines is 1. The Hall–Kier alpha value is -3.67. The number of hydrazone groups is 1. The predicted octanol–water partition coefficient (Wildman–Crippen LogP) is 5.08. The molecule has 1 heterocycles. The van der Waals surface area contributed by atoms with E-state index in [-0.39, 0.29) is 6.04 Å². The SMILES string of the molecule is COc1ccc(C2=NN(c3ccccc3)C(c3ccc(OC)cc3OC)C2)c(OC)c1. The normalized spacial score (nSPS) is 15.4. The average molecular weight is 418 g/mol. The highest BCUT2D eigenvalue weighted by Crippen LogP contribution is 2.42. The molecule has 3 aromatic rings. The summed E-state index contributed by atoms with van der Waals surface area (Å²) in [6.45, 7) is 0. The molecule has 0 amide bonds. The highest BCUT2D eigenvalue weighted by molar-refractivity contribution is 6.05. The van der Waals surface area contributed by atoms with E-state index < -0.39 is 0 Å². The molecule has 31 heavy (non-hydrogen) atoms. The van der Waals surface area contributed by atoms with E-state index in [4.69, 9.17) is 24.0 Å². The van der Waals surface area contributed by atoms with Gasteiger partial charge in [0.1, 0.15) is 23.0 Å². The second kappa shape index (κ2) is 9.00. The molecule has 0 aliphatic carbocycles. The maximum atomic E-state index is 5.70. The Kier molecular flexibility index (Phi) is 5.98. The van der Waals surface area contributed by atoms with Crippen molar-refractivity contribution in [2.24, 2.45) is 5.10 Å². The van der Waals surface area contributed by atoms with Gasteiger partial charge in [0.2, 0.25) is 0 Å². The van der Waals surface area contributed by atoms with Gasteiger partial charge < -0.3 is 18.9 Å². The minimum Gasteiger partial charge on any atom is -0.497 e. The fourth-order valence-corrected chi connectivity index (χ4v) is 3.86. The first-order valence-electron chi connectivity index (χ1n) is 10.0. The Morgan fingerprint density at radius 2 is 1.39 bits per heavy atom. The van der Waals surface area contributed by atoms with Crippen LogP contribution in [0.4, 0.5) is 5.69 Å². The lowest BCUT2D eigenvalue weighted by molar-refractivity contribution is 0.388. The van der Waals surface area contributed by atoms with Crippen LogP contribution in [-0.4, -0.2) is 34.2 Å². The Labute approximate surface area is 182 Å². The molecule has 0 spiro atoms. The van der Waals surface area contributed by atoms with E-state index in [1.807, 2.05) is 59.6 Å². The van der Waals surface area contributed by atoms with Crippen molar-refractivity contribution in [2.45, 2.75) is 12.5 Å². The van der Waals surface area contributed by atoms with Crippen LogP contribution in [0.3, 0.4) is 0 Å². The summed E-state index contributed by atoms with van der Waals surface area (Å²) >= 11 is 0. The summed E-state index contributed by atoms with van der Waals surface area (Å²) in [7, 11) is 6.63. The molecule has 0 bridgehead atoms. The molecule has 0 radical (unpaired) electrons. The minimum absolute atomic E-state index is 0.0370. The molecular formula is C25H26N2O4. The standard InChI is InChI=1S/C25H26N2O4/c1-28-18-10-12-20(24(14-18)30-3)22-16-23(27(26-22)17-8-6-5-7-9-17)21-13-11-19(29-2)15-25(21)31-4/h5-15,23H,16H2,1-4H3. The largest absolute Gasteiger partial charge is 0.497 e. The van der Waals surface area contributed by atoms with Crippen molar-refractivity contribution in [3.05, 3.63) is 77.9 Å². The van der Waals surface area contributed by atoms with Gasteiger partial charge in [0.05, 0.1) is 45.9 Å². The van der Waals surface area contributed by atoms with Gasteiger partial charge in [0.25, 0.3) is 0 Å². The fourth-order valence-electron chi connectivity index (χ4n) is 3.86. The zero-order valence-corrected chi connectivity index (χ0v) is 18.2. The number of para-hydroxylation sites is 1. The first-order chi connectivity index (χ1) is 15.2. The summed E-state index contributed by atoms with van der Waals surface area (Å²) in [5.41, 5.74) is 3.93. The van der Waals surface area contributed by atoms with E-state index in [0.717, 1.165) is 45.5 Å². The lowest BCUT2D eigenvalue weighted by atomic mass is 9.96. The third-order valence-electron chi connectivity index (χ3n) is 5.45. The second-order valence-corrected chi connectivity index (χ2v) is 7.12. The van der Waals surface area contributed by atoms with E-state index >= 15 is 0 Å². The molecule has 6 nitrogen and oxygen atoms in total. The quantitative estimate of drug-likeness (QED) is 0.536. The van der Waals surface area contributed by atoms with Crippen LogP contribution in [0.1, 0.15) is 23.6 Å². The van der Waals surface area contributed by atoms with Crippen molar-refractivity contribution < 1.29 is 18.9 Å². The summed E-state index contributed by atoms with van der Waals surface area (Å²) in [4.78, 5) is 0. The highest BCUT2D eigenvalue weighted by Gasteiger charge is 2.33. The summed E-state index contributed by atoms with van der Waals surface area (Å²) in [6, 6.07) is 21.8. The number of benzene rings is 3. The van der Waals surface area contributed by atoms with Gasteiger partial charge in [0, 0.05) is 29.7 Å². The first kappa shape index (κ1) is 20.6. The Morgan fingerprint density at radius 3 is 2.03 bits per heavy atom. The van der Waals surface area contributed by atoms with Crippen LogP contribution in [0.5, 0.6) is 23.0 Å². The second-order valence-electron chi connectivity index (χ2n) is 7.12. The first-order valence-corrected chi connectivity index (χ1v) is 10.0. The zero-order valence-electron chi connectivity index (χ0n) is 18.2. The lowest BCUT2D eigenvalue weighted by Gasteiger charge is -2.25. The minimum atomic E-state index is -0.0370. The van der Waals surface area contributed by atoms with Gasteiger partial charge in [-0.1, -0.05) is 18.2 Å². The molecule has 1 unspecified atom stereocenters. The molecule has 0 saturated carbocycles. The van der Waals surface area contributed by atoms with Crippen molar-refractivity contribution in [1.82, 2.24) is 0 Å². The van der Waals surface area contributed by atoms with E-state index in [9.17, 15) is 0 Å². The number of hydrogen-bond acceptors (Lipinski definition) is 6. The van der Waals surface area contributed by atoms with E-state index in [2.05, 4.69) is 12.1 Å². The topological polar surface area (TPSA) is 52.5 Å². The van der Waals surface area contributed by atoms with Crippen LogP contribution in [0.25, 0.3) is 0 Å². The summed E-state index contributed by atoms with van der Waals surface area (Å²) in [6.07, 6.45) is 0.695. The van der Waals surface area contributed by atoms with Gasteiger partial charge in [-0.25, -0.2) is 0 Å². The molecule has 3 aromatic carbocycles. The van der Waals surface area contributed by atoms with E-state index in [0.29, 0.717) is 6.42 Å². The molecule has 0 fully saturated rings. The van der Waals surface area contributed by atoms with Crippen LogP contribution >= 0.6 is 0 Å². The van der Waals surface area contributed by atoms with Gasteiger partial charge in [-0.15, -0.1) is 0 Å². The number of ether oxygens (including phenoxy) is 4. The summed E-state index contributed by atoms with van der Waals surface area (Å²) in [5, 5.41) is 7.06. The van der Waals surface area contributed by atoms with Crippen LogP contribution in [0, 0.1) is 0 Å². The molecule has 6 heteroatoms. The highest BCUT2D eigenvalue weighted by atomic mass is 16.5. The molecule has 1 aliphatic heterocycles. The number of methoxy groups -OCH3 is 4. The predicted molar refractivity (Wildman–Crippen MR) is 122 cm³/mol. The monoisotopic (exact) mass is 418 g/mol. The van der Waals surface area contributed by atoms with Gasteiger partial charge in [0.15, 0.2) is 0 Å². The third kappa shape index (κ3) is 4.01. The summed E-state index contributed by atoms with van der Waals surface area (Å²) < 4.78 is 22.1. The molecular weight excluding hydrogens is 392 g/mol.